The van der Waals surface area contributed by atoms with Crippen molar-refractivity contribution in [3.8, 4) is 11.1 Å². The van der Waals surface area contributed by atoms with E-state index < -0.39 is 17.7 Å². The van der Waals surface area contributed by atoms with Crippen LogP contribution in [0, 0.1) is 18.6 Å². The van der Waals surface area contributed by atoms with Gasteiger partial charge in [-0.15, -0.1) is 11.3 Å². The van der Waals surface area contributed by atoms with Gasteiger partial charge in [-0.2, -0.15) is 0 Å². The smallest absolute Gasteiger partial charge is 0.341 e. The van der Waals surface area contributed by atoms with Gasteiger partial charge in [-0.25, -0.2) is 13.6 Å². The minimum atomic E-state index is -0.583. The van der Waals surface area contributed by atoms with Gasteiger partial charge >= 0.3 is 5.97 Å². The van der Waals surface area contributed by atoms with Gasteiger partial charge < -0.3 is 10.1 Å². The summed E-state index contributed by atoms with van der Waals surface area (Å²) in [5, 5.41) is 3.03. The Hall–Kier alpha value is -3.06. The lowest BCUT2D eigenvalue weighted by molar-refractivity contribution is 0.0529. The molecule has 1 aromatic heterocycles. The van der Waals surface area contributed by atoms with E-state index in [1.165, 1.54) is 47.7 Å². The van der Waals surface area contributed by atoms with Crippen LogP contribution in [0.1, 0.15) is 32.5 Å². The van der Waals surface area contributed by atoms with Crippen LogP contribution in [0.3, 0.4) is 0 Å². The number of amides is 1. The molecule has 1 amide bonds. The van der Waals surface area contributed by atoms with E-state index in [4.69, 9.17) is 4.74 Å². The zero-order chi connectivity index (χ0) is 20.3. The van der Waals surface area contributed by atoms with Crippen molar-refractivity contribution in [1.82, 2.24) is 0 Å². The highest BCUT2D eigenvalue weighted by Crippen LogP contribution is 2.40. The lowest BCUT2D eigenvalue weighted by atomic mass is 10.0. The second-order valence-corrected chi connectivity index (χ2v) is 7.15. The first-order chi connectivity index (χ1) is 13.4. The predicted octanol–water partition coefficient (Wildman–Crippen LogP) is 5.43. The molecular weight excluding hydrogens is 384 g/mol. The van der Waals surface area contributed by atoms with Gasteiger partial charge in [0, 0.05) is 16.0 Å². The van der Waals surface area contributed by atoms with E-state index in [-0.39, 0.29) is 23.6 Å². The Balaban J connectivity index is 2.04. The Morgan fingerprint density at radius 1 is 1.00 bits per heavy atom. The number of thiophene rings is 1. The Morgan fingerprint density at radius 2 is 1.57 bits per heavy atom. The average Bonchev–Trinajstić information content (AvgIpc) is 2.99. The van der Waals surface area contributed by atoms with E-state index in [1.807, 2.05) is 0 Å². The normalized spacial score (nSPS) is 10.6. The summed E-state index contributed by atoms with van der Waals surface area (Å²) in [6.45, 7) is 3.66. The molecule has 0 aliphatic rings. The van der Waals surface area contributed by atoms with Gasteiger partial charge in [-0.1, -0.05) is 12.1 Å². The first-order valence-corrected chi connectivity index (χ1v) is 9.35. The second kappa shape index (κ2) is 8.31. The van der Waals surface area contributed by atoms with E-state index in [2.05, 4.69) is 5.32 Å². The number of benzene rings is 2. The number of rotatable bonds is 5. The largest absolute Gasteiger partial charge is 0.462 e. The molecule has 3 rings (SSSR count). The molecule has 0 unspecified atom stereocenters. The predicted molar refractivity (Wildman–Crippen MR) is 105 cm³/mol. The molecule has 0 bridgehead atoms. The molecule has 28 heavy (non-hydrogen) atoms. The Kier molecular flexibility index (Phi) is 5.84. The summed E-state index contributed by atoms with van der Waals surface area (Å²) in [4.78, 5) is 25.9. The quantitative estimate of drug-likeness (QED) is 0.580. The number of esters is 1. The summed E-state index contributed by atoms with van der Waals surface area (Å²) in [6, 6.07) is 10.8. The fourth-order valence-corrected chi connectivity index (χ4v) is 3.83. The molecule has 0 fully saturated rings. The molecule has 1 N–H and O–H groups in total. The summed E-state index contributed by atoms with van der Waals surface area (Å²) in [6.07, 6.45) is 0. The summed E-state index contributed by atoms with van der Waals surface area (Å²) in [7, 11) is 0. The van der Waals surface area contributed by atoms with Crippen LogP contribution in [0.25, 0.3) is 11.1 Å². The highest BCUT2D eigenvalue weighted by molar-refractivity contribution is 7.17. The zero-order valence-corrected chi connectivity index (χ0v) is 16.0. The average molecular weight is 401 g/mol. The topological polar surface area (TPSA) is 55.4 Å². The number of carbonyl (C=O) groups excluding carboxylic acids is 2. The van der Waals surface area contributed by atoms with Crippen molar-refractivity contribution in [2.45, 2.75) is 13.8 Å². The van der Waals surface area contributed by atoms with Crippen LogP contribution >= 0.6 is 11.3 Å². The number of nitrogens with one attached hydrogen (secondary N) is 1. The molecule has 2 aromatic carbocycles. The van der Waals surface area contributed by atoms with Crippen molar-refractivity contribution in [2.75, 3.05) is 11.9 Å². The fourth-order valence-electron chi connectivity index (χ4n) is 2.77. The third-order valence-electron chi connectivity index (χ3n) is 4.03. The summed E-state index contributed by atoms with van der Waals surface area (Å²) in [5.41, 5.74) is 1.69. The SMILES string of the molecule is CCOC(=O)c1c(NC(=O)c2ccc(F)cc2)sc(C)c1-c1ccc(F)cc1. The minimum absolute atomic E-state index is 0.169. The molecule has 0 radical (unpaired) electrons. The van der Waals surface area contributed by atoms with Crippen molar-refractivity contribution in [3.05, 3.63) is 76.2 Å². The molecule has 7 heteroatoms. The van der Waals surface area contributed by atoms with Gasteiger partial charge in [0.15, 0.2) is 0 Å². The van der Waals surface area contributed by atoms with E-state index >= 15 is 0 Å². The van der Waals surface area contributed by atoms with Gasteiger partial charge in [-0.05, 0) is 55.8 Å². The fraction of sp³-hybridized carbons (Fsp3) is 0.143. The molecular formula is C21H17F2NO3S. The van der Waals surface area contributed by atoms with Crippen molar-refractivity contribution >= 4 is 28.2 Å². The molecule has 0 saturated heterocycles. The third-order valence-corrected chi connectivity index (χ3v) is 5.05. The summed E-state index contributed by atoms with van der Waals surface area (Å²) >= 11 is 1.22. The van der Waals surface area contributed by atoms with E-state index in [0.717, 1.165) is 4.88 Å². The van der Waals surface area contributed by atoms with Crippen LogP contribution < -0.4 is 5.32 Å². The Morgan fingerprint density at radius 3 is 2.14 bits per heavy atom. The third kappa shape index (κ3) is 4.09. The van der Waals surface area contributed by atoms with Gasteiger partial charge in [-0.3, -0.25) is 4.79 Å². The lowest BCUT2D eigenvalue weighted by Crippen LogP contribution is -2.14. The first kappa shape index (κ1) is 19.7. The number of hydrogen-bond acceptors (Lipinski definition) is 4. The molecule has 1 heterocycles. The number of aryl methyl sites for hydroxylation is 1. The maximum absolute atomic E-state index is 13.3. The molecule has 144 valence electrons. The van der Waals surface area contributed by atoms with Crippen molar-refractivity contribution < 1.29 is 23.1 Å². The minimum Gasteiger partial charge on any atom is -0.462 e. The number of carbonyl (C=O) groups is 2. The van der Waals surface area contributed by atoms with E-state index in [1.54, 1.807) is 26.0 Å². The lowest BCUT2D eigenvalue weighted by Gasteiger charge is -2.09. The van der Waals surface area contributed by atoms with Crippen LogP contribution in [0.15, 0.2) is 48.5 Å². The van der Waals surface area contributed by atoms with Crippen LogP contribution in [0.5, 0.6) is 0 Å². The highest BCUT2D eigenvalue weighted by Gasteiger charge is 2.25. The van der Waals surface area contributed by atoms with E-state index in [0.29, 0.717) is 16.1 Å². The maximum Gasteiger partial charge on any atom is 0.341 e. The number of ether oxygens (including phenoxy) is 1. The molecule has 0 atom stereocenters. The highest BCUT2D eigenvalue weighted by atomic mass is 32.1. The van der Waals surface area contributed by atoms with Crippen LogP contribution in [0.4, 0.5) is 13.8 Å². The Bertz CT molecular complexity index is 1010. The molecule has 0 aliphatic carbocycles. The van der Waals surface area contributed by atoms with Crippen LogP contribution in [-0.2, 0) is 4.74 Å². The molecule has 0 aliphatic heterocycles. The number of hydrogen-bond donors (Lipinski definition) is 1. The first-order valence-electron chi connectivity index (χ1n) is 8.54. The van der Waals surface area contributed by atoms with Crippen molar-refractivity contribution in [2.24, 2.45) is 0 Å². The van der Waals surface area contributed by atoms with Gasteiger partial charge in [0.25, 0.3) is 5.91 Å². The van der Waals surface area contributed by atoms with Gasteiger partial charge in [0.2, 0.25) is 0 Å². The maximum atomic E-state index is 13.3. The molecule has 0 spiro atoms. The summed E-state index contributed by atoms with van der Waals surface area (Å²) in [5.74, 6) is -1.90. The van der Waals surface area contributed by atoms with Crippen molar-refractivity contribution in [3.63, 3.8) is 0 Å². The number of halogens is 2. The summed E-state index contributed by atoms with van der Waals surface area (Å²) < 4.78 is 31.6. The van der Waals surface area contributed by atoms with Crippen LogP contribution in [0.2, 0.25) is 0 Å². The van der Waals surface area contributed by atoms with Gasteiger partial charge in [0.1, 0.15) is 22.2 Å². The van der Waals surface area contributed by atoms with E-state index in [9.17, 15) is 18.4 Å². The van der Waals surface area contributed by atoms with Crippen molar-refractivity contribution in [1.29, 1.82) is 0 Å². The van der Waals surface area contributed by atoms with Crippen LogP contribution in [-0.4, -0.2) is 18.5 Å². The standard InChI is InChI=1S/C21H17F2NO3S/c1-3-27-21(26)18-17(13-4-8-15(22)9-5-13)12(2)28-20(18)24-19(25)14-6-10-16(23)11-7-14/h4-11H,3H2,1-2H3,(H,24,25). The molecule has 0 saturated carbocycles. The van der Waals surface area contributed by atoms with Gasteiger partial charge in [0.05, 0.1) is 6.61 Å². The second-order valence-electron chi connectivity index (χ2n) is 5.93. The zero-order valence-electron chi connectivity index (χ0n) is 15.2. The monoisotopic (exact) mass is 401 g/mol. The Labute approximate surface area is 164 Å². The number of anilines is 1. The molecule has 3 aromatic rings. The molecule has 4 nitrogen and oxygen atoms in total.